The summed E-state index contributed by atoms with van der Waals surface area (Å²) in [4.78, 5) is 24.2. The number of unbranched alkanes of at least 4 members (excludes halogenated alkanes) is 2. The Bertz CT molecular complexity index is 442. The van der Waals surface area contributed by atoms with Crippen LogP contribution < -0.4 is 0 Å². The summed E-state index contributed by atoms with van der Waals surface area (Å²) in [6.45, 7) is 4.60. The van der Waals surface area contributed by atoms with Gasteiger partial charge in [0, 0.05) is 0 Å². The van der Waals surface area contributed by atoms with Gasteiger partial charge in [-0.15, -0.1) is 0 Å². The summed E-state index contributed by atoms with van der Waals surface area (Å²) in [5.74, 6) is -1.75. The zero-order valence-electron chi connectivity index (χ0n) is 13.5. The molecule has 0 aromatic heterocycles. The number of rotatable bonds is 10. The normalized spacial score (nSPS) is 11.7. The average Bonchev–Trinajstić information content (AvgIpc) is 2.54. The Morgan fingerprint density at radius 1 is 0.955 bits per heavy atom. The van der Waals surface area contributed by atoms with Gasteiger partial charge in [0.1, 0.15) is 6.61 Å². The van der Waals surface area contributed by atoms with Crippen LogP contribution in [0.15, 0.2) is 30.3 Å². The van der Waals surface area contributed by atoms with Crippen LogP contribution in [-0.2, 0) is 25.7 Å². The van der Waals surface area contributed by atoms with E-state index in [9.17, 15) is 9.59 Å². The van der Waals surface area contributed by atoms with Gasteiger partial charge >= 0.3 is 11.9 Å². The van der Waals surface area contributed by atoms with Crippen LogP contribution in [0.3, 0.4) is 0 Å². The van der Waals surface area contributed by atoms with Gasteiger partial charge in [-0.05, 0) is 18.4 Å². The number of hydrogen-bond donors (Lipinski definition) is 0. The summed E-state index contributed by atoms with van der Waals surface area (Å²) < 4.78 is 10.4. The number of esters is 2. The van der Waals surface area contributed by atoms with Crippen molar-refractivity contribution in [2.24, 2.45) is 5.92 Å². The van der Waals surface area contributed by atoms with Gasteiger partial charge in [-0.25, -0.2) is 0 Å². The fourth-order valence-corrected chi connectivity index (χ4v) is 1.99. The maximum atomic E-state index is 12.2. The van der Waals surface area contributed by atoms with Crippen LogP contribution >= 0.6 is 0 Å². The van der Waals surface area contributed by atoms with Crippen LogP contribution in [0, 0.1) is 5.92 Å². The summed E-state index contributed by atoms with van der Waals surface area (Å²) in [6.07, 6.45) is 3.96. The topological polar surface area (TPSA) is 52.6 Å². The van der Waals surface area contributed by atoms with E-state index < -0.39 is 17.9 Å². The standard InChI is InChI=1S/C18H26O4/c1-3-5-12-16(17(19)21-13-6-4-2)18(20)22-14-15-10-8-7-9-11-15/h7-11,16H,3-6,12-14H2,1-2H3. The Balaban J connectivity index is 2.53. The lowest BCUT2D eigenvalue weighted by Crippen LogP contribution is -2.28. The first-order chi connectivity index (χ1) is 10.7. The molecule has 1 unspecified atom stereocenters. The predicted octanol–water partition coefficient (Wildman–Crippen LogP) is 3.88. The molecule has 1 rings (SSSR count). The second kappa shape index (κ2) is 10.8. The third-order valence-corrected chi connectivity index (χ3v) is 3.38. The van der Waals surface area contributed by atoms with Gasteiger partial charge < -0.3 is 9.47 Å². The molecule has 0 saturated heterocycles. The summed E-state index contributed by atoms with van der Waals surface area (Å²) >= 11 is 0. The minimum atomic E-state index is -0.805. The van der Waals surface area contributed by atoms with Crippen molar-refractivity contribution in [3.05, 3.63) is 35.9 Å². The zero-order valence-corrected chi connectivity index (χ0v) is 13.5. The van der Waals surface area contributed by atoms with Crippen molar-refractivity contribution in [1.29, 1.82) is 0 Å². The Morgan fingerprint density at radius 2 is 1.59 bits per heavy atom. The first-order valence-corrected chi connectivity index (χ1v) is 8.06. The second-order valence-electron chi connectivity index (χ2n) is 5.31. The van der Waals surface area contributed by atoms with Crippen molar-refractivity contribution in [3.8, 4) is 0 Å². The quantitative estimate of drug-likeness (QED) is 0.374. The van der Waals surface area contributed by atoms with Crippen LogP contribution in [0.2, 0.25) is 0 Å². The molecule has 22 heavy (non-hydrogen) atoms. The van der Waals surface area contributed by atoms with Crippen molar-refractivity contribution in [2.75, 3.05) is 6.61 Å². The molecule has 1 aromatic rings. The third-order valence-electron chi connectivity index (χ3n) is 3.38. The van der Waals surface area contributed by atoms with E-state index in [0.29, 0.717) is 13.0 Å². The minimum Gasteiger partial charge on any atom is -0.465 e. The summed E-state index contributed by atoms with van der Waals surface area (Å²) in [5, 5.41) is 0. The highest BCUT2D eigenvalue weighted by Crippen LogP contribution is 2.14. The molecular weight excluding hydrogens is 280 g/mol. The summed E-state index contributed by atoms with van der Waals surface area (Å²) in [7, 11) is 0. The first-order valence-electron chi connectivity index (χ1n) is 8.06. The van der Waals surface area contributed by atoms with Gasteiger partial charge in [0.15, 0.2) is 5.92 Å². The van der Waals surface area contributed by atoms with Crippen molar-refractivity contribution in [2.45, 2.75) is 52.6 Å². The number of carbonyl (C=O) groups is 2. The molecular formula is C18H26O4. The smallest absolute Gasteiger partial charge is 0.320 e. The van der Waals surface area contributed by atoms with Crippen LogP contribution in [-0.4, -0.2) is 18.5 Å². The molecule has 4 nitrogen and oxygen atoms in total. The SMILES string of the molecule is CCCCOC(=O)C(CCCC)C(=O)OCc1ccccc1. The molecule has 0 aliphatic carbocycles. The van der Waals surface area contributed by atoms with Crippen molar-refractivity contribution in [3.63, 3.8) is 0 Å². The first kappa shape index (κ1) is 18.2. The van der Waals surface area contributed by atoms with E-state index in [1.165, 1.54) is 0 Å². The number of ether oxygens (including phenoxy) is 2. The van der Waals surface area contributed by atoms with Crippen molar-refractivity contribution >= 4 is 11.9 Å². The maximum absolute atomic E-state index is 12.2. The van der Waals surface area contributed by atoms with Crippen molar-refractivity contribution < 1.29 is 19.1 Å². The highest BCUT2D eigenvalue weighted by Gasteiger charge is 2.29. The lowest BCUT2D eigenvalue weighted by Gasteiger charge is -2.15. The van der Waals surface area contributed by atoms with E-state index in [0.717, 1.165) is 31.2 Å². The van der Waals surface area contributed by atoms with Gasteiger partial charge in [0.2, 0.25) is 0 Å². The van der Waals surface area contributed by atoms with E-state index >= 15 is 0 Å². The maximum Gasteiger partial charge on any atom is 0.320 e. The van der Waals surface area contributed by atoms with Crippen LogP contribution in [0.5, 0.6) is 0 Å². The number of carbonyl (C=O) groups excluding carboxylic acids is 2. The molecule has 0 amide bonds. The largest absolute Gasteiger partial charge is 0.465 e. The molecule has 0 saturated carbocycles. The fraction of sp³-hybridized carbons (Fsp3) is 0.556. The van der Waals surface area contributed by atoms with Gasteiger partial charge in [0.05, 0.1) is 6.61 Å². The van der Waals surface area contributed by atoms with E-state index in [1.54, 1.807) is 0 Å². The van der Waals surface area contributed by atoms with Gasteiger partial charge in [-0.1, -0.05) is 63.4 Å². The van der Waals surface area contributed by atoms with E-state index in [-0.39, 0.29) is 6.61 Å². The minimum absolute atomic E-state index is 0.185. The average molecular weight is 306 g/mol. The molecule has 1 atom stereocenters. The molecule has 1 aromatic carbocycles. The molecule has 4 heteroatoms. The van der Waals surface area contributed by atoms with E-state index in [4.69, 9.17) is 9.47 Å². The van der Waals surface area contributed by atoms with Gasteiger partial charge in [0.25, 0.3) is 0 Å². The lowest BCUT2D eigenvalue weighted by molar-refractivity contribution is -0.163. The highest BCUT2D eigenvalue weighted by molar-refractivity contribution is 5.94. The molecule has 122 valence electrons. The number of hydrogen-bond acceptors (Lipinski definition) is 4. The third kappa shape index (κ3) is 6.74. The van der Waals surface area contributed by atoms with Gasteiger partial charge in [-0.2, -0.15) is 0 Å². The molecule has 0 fully saturated rings. The Hall–Kier alpha value is -1.84. The van der Waals surface area contributed by atoms with E-state index in [1.807, 2.05) is 44.2 Å². The Morgan fingerprint density at radius 3 is 2.23 bits per heavy atom. The molecule has 0 spiro atoms. The number of benzene rings is 1. The van der Waals surface area contributed by atoms with Crippen LogP contribution in [0.25, 0.3) is 0 Å². The molecule has 0 aliphatic heterocycles. The Kier molecular flexibility index (Phi) is 8.96. The fourth-order valence-electron chi connectivity index (χ4n) is 1.99. The molecule has 0 radical (unpaired) electrons. The lowest BCUT2D eigenvalue weighted by atomic mass is 10.0. The van der Waals surface area contributed by atoms with Crippen LogP contribution in [0.4, 0.5) is 0 Å². The zero-order chi connectivity index (χ0) is 16.2. The molecule has 0 bridgehead atoms. The Labute approximate surface area is 132 Å². The van der Waals surface area contributed by atoms with Gasteiger partial charge in [-0.3, -0.25) is 9.59 Å². The molecule has 0 heterocycles. The van der Waals surface area contributed by atoms with Crippen molar-refractivity contribution in [1.82, 2.24) is 0 Å². The monoisotopic (exact) mass is 306 g/mol. The predicted molar refractivity (Wildman–Crippen MR) is 85.1 cm³/mol. The molecule has 0 N–H and O–H groups in total. The summed E-state index contributed by atoms with van der Waals surface area (Å²) in [5.41, 5.74) is 0.907. The molecule has 0 aliphatic rings. The summed E-state index contributed by atoms with van der Waals surface area (Å²) in [6, 6.07) is 9.44. The van der Waals surface area contributed by atoms with Crippen LogP contribution in [0.1, 0.15) is 51.5 Å². The highest BCUT2D eigenvalue weighted by atomic mass is 16.6. The second-order valence-corrected chi connectivity index (χ2v) is 5.31. The van der Waals surface area contributed by atoms with E-state index in [2.05, 4.69) is 0 Å².